The highest BCUT2D eigenvalue weighted by atomic mass is 35.5. The quantitative estimate of drug-likeness (QED) is 0.219. The first-order valence-electron chi connectivity index (χ1n) is 10.8. The molecule has 0 spiro atoms. The Morgan fingerprint density at radius 2 is 1.06 bits per heavy atom. The van der Waals surface area contributed by atoms with Crippen molar-refractivity contribution in [2.45, 2.75) is 73.9 Å². The number of carbonyl (C=O) groups is 4. The molecule has 34 heavy (non-hydrogen) atoms. The number of hydrogen-bond donors (Lipinski definition) is 0. The normalized spacial score (nSPS) is 28.7. The Morgan fingerprint density at radius 3 is 1.35 bits per heavy atom. The molecule has 0 radical (unpaired) electrons. The summed E-state index contributed by atoms with van der Waals surface area (Å²) in [5.74, 6) is -2.45. The van der Waals surface area contributed by atoms with Crippen LogP contribution in [-0.4, -0.2) is 44.0 Å². The fourth-order valence-electron chi connectivity index (χ4n) is 3.67. The first kappa shape index (κ1) is 28.6. The molecule has 2 aliphatic rings. The second kappa shape index (κ2) is 11.4. The molecule has 10 heteroatoms. The van der Waals surface area contributed by atoms with Crippen molar-refractivity contribution in [2.75, 3.05) is 0 Å². The average molecular weight is 552 g/mol. The van der Waals surface area contributed by atoms with Crippen LogP contribution in [0.4, 0.5) is 0 Å². The van der Waals surface area contributed by atoms with E-state index in [-0.39, 0.29) is 46.7 Å². The molecule has 0 aromatic heterocycles. The van der Waals surface area contributed by atoms with Gasteiger partial charge in [0.15, 0.2) is 11.6 Å². The molecule has 0 heterocycles. The van der Waals surface area contributed by atoms with Crippen LogP contribution in [0.1, 0.15) is 53.4 Å². The molecule has 186 valence electrons. The maximum atomic E-state index is 12.5. The van der Waals surface area contributed by atoms with E-state index in [0.717, 1.165) is 0 Å². The van der Waals surface area contributed by atoms with Gasteiger partial charge in [0.1, 0.15) is 0 Å². The van der Waals surface area contributed by atoms with E-state index < -0.39 is 32.4 Å². The second-order valence-corrected chi connectivity index (χ2v) is 10.8. The van der Waals surface area contributed by atoms with Crippen LogP contribution in [0.15, 0.2) is 46.6 Å². The van der Waals surface area contributed by atoms with Gasteiger partial charge in [0.05, 0.1) is 31.6 Å². The summed E-state index contributed by atoms with van der Waals surface area (Å²) >= 11 is 25.8. The smallest absolute Gasteiger partial charge is 0.294 e. The molecular formula is C24H26Cl4O6. The molecule has 0 fully saturated rings. The van der Waals surface area contributed by atoms with Crippen LogP contribution >= 0.6 is 46.4 Å². The fourth-order valence-corrected chi connectivity index (χ4v) is 4.80. The first-order valence-corrected chi connectivity index (χ1v) is 12.4. The Kier molecular flexibility index (Phi) is 9.62. The topological polar surface area (TPSA) is 86.7 Å². The van der Waals surface area contributed by atoms with Gasteiger partial charge in [-0.2, -0.15) is 0 Å². The zero-order valence-electron chi connectivity index (χ0n) is 19.3. The summed E-state index contributed by atoms with van der Waals surface area (Å²) in [5, 5.41) is -2.23. The Hall–Kier alpha value is -1.60. The standard InChI is InChI=1S/C24H26Cl4O6/c1-5-7-17(29)15-11-9-13(19(25)23(15,3)27)21(31)33-34-22(32)14-10-12-16(18(30)8-6-2)24(4,28)20(14)26/h9-12,19-20H,5-8H2,1-4H3. The molecule has 6 nitrogen and oxygen atoms in total. The van der Waals surface area contributed by atoms with Gasteiger partial charge in [-0.25, -0.2) is 19.4 Å². The van der Waals surface area contributed by atoms with Crippen molar-refractivity contribution in [1.82, 2.24) is 0 Å². The lowest BCUT2D eigenvalue weighted by molar-refractivity contribution is -0.252. The Labute approximate surface area is 218 Å². The first-order chi connectivity index (χ1) is 15.8. The number of Topliss-reactive ketones (excluding diaryl/α,β-unsaturated/α-hetero) is 2. The minimum absolute atomic E-state index is 0.0883. The van der Waals surface area contributed by atoms with Crippen molar-refractivity contribution in [1.29, 1.82) is 0 Å². The molecule has 4 atom stereocenters. The number of hydrogen-bond acceptors (Lipinski definition) is 6. The Balaban J connectivity index is 2.16. The van der Waals surface area contributed by atoms with Crippen LogP contribution < -0.4 is 0 Å². The van der Waals surface area contributed by atoms with Crippen LogP contribution in [0.2, 0.25) is 0 Å². The molecule has 0 aliphatic heterocycles. The molecule has 2 rings (SSSR count). The lowest BCUT2D eigenvalue weighted by Crippen LogP contribution is -2.41. The highest BCUT2D eigenvalue weighted by Gasteiger charge is 2.46. The molecule has 0 saturated carbocycles. The van der Waals surface area contributed by atoms with Crippen LogP contribution in [0, 0.1) is 0 Å². The van der Waals surface area contributed by atoms with Crippen LogP contribution in [0.5, 0.6) is 0 Å². The molecule has 0 bridgehead atoms. The monoisotopic (exact) mass is 550 g/mol. The van der Waals surface area contributed by atoms with Gasteiger partial charge in [0.2, 0.25) is 0 Å². The van der Waals surface area contributed by atoms with Gasteiger partial charge < -0.3 is 0 Å². The molecule has 0 aromatic rings. The minimum Gasteiger partial charge on any atom is -0.294 e. The van der Waals surface area contributed by atoms with Crippen molar-refractivity contribution in [3.63, 3.8) is 0 Å². The third-order valence-electron chi connectivity index (χ3n) is 5.63. The molecule has 0 amide bonds. The highest BCUT2D eigenvalue weighted by Crippen LogP contribution is 2.42. The molecule has 4 unspecified atom stereocenters. The molecular weight excluding hydrogens is 526 g/mol. The molecule has 0 N–H and O–H groups in total. The van der Waals surface area contributed by atoms with Gasteiger partial charge in [0, 0.05) is 24.0 Å². The van der Waals surface area contributed by atoms with Gasteiger partial charge in [-0.15, -0.1) is 46.4 Å². The van der Waals surface area contributed by atoms with Gasteiger partial charge >= 0.3 is 11.9 Å². The average Bonchev–Trinajstić information content (AvgIpc) is 2.75. The van der Waals surface area contributed by atoms with E-state index in [0.29, 0.717) is 12.8 Å². The van der Waals surface area contributed by atoms with E-state index in [1.165, 1.54) is 38.2 Å². The molecule has 0 saturated heterocycles. The molecule has 2 aliphatic carbocycles. The van der Waals surface area contributed by atoms with Crippen molar-refractivity contribution in [3.05, 3.63) is 46.6 Å². The predicted molar refractivity (Wildman–Crippen MR) is 132 cm³/mol. The predicted octanol–water partition coefficient (Wildman–Crippen LogP) is 5.67. The van der Waals surface area contributed by atoms with Crippen LogP contribution in [0.3, 0.4) is 0 Å². The molecule has 0 aromatic carbocycles. The largest absolute Gasteiger partial charge is 0.383 e. The lowest BCUT2D eigenvalue weighted by Gasteiger charge is -2.33. The Morgan fingerprint density at radius 1 is 0.735 bits per heavy atom. The summed E-state index contributed by atoms with van der Waals surface area (Å²) in [6.07, 6.45) is 7.30. The third-order valence-corrected chi connectivity index (χ3v) is 8.04. The van der Waals surface area contributed by atoms with E-state index in [1.54, 1.807) is 0 Å². The maximum absolute atomic E-state index is 12.5. The van der Waals surface area contributed by atoms with E-state index in [9.17, 15) is 19.2 Å². The van der Waals surface area contributed by atoms with E-state index in [1.807, 2.05) is 13.8 Å². The lowest BCUT2D eigenvalue weighted by atomic mass is 9.84. The van der Waals surface area contributed by atoms with E-state index >= 15 is 0 Å². The minimum atomic E-state index is -1.36. The number of rotatable bonds is 8. The number of allylic oxidation sites excluding steroid dienone is 6. The van der Waals surface area contributed by atoms with Crippen molar-refractivity contribution in [3.8, 4) is 0 Å². The summed E-state index contributed by atoms with van der Waals surface area (Å²) < 4.78 is 0. The SMILES string of the molecule is CCCC(=O)C1=CC=C(C(=O)OOC(=O)C2=CC=C(C(=O)CCC)C(C)(Cl)C2Cl)C(Cl)C1(C)Cl. The number of ketones is 2. The van der Waals surface area contributed by atoms with Gasteiger partial charge in [-0.05, 0) is 38.8 Å². The Bertz CT molecular complexity index is 923. The third kappa shape index (κ3) is 5.78. The number of alkyl halides is 4. The van der Waals surface area contributed by atoms with Crippen molar-refractivity contribution in [2.24, 2.45) is 0 Å². The fraction of sp³-hybridized carbons (Fsp3) is 0.500. The van der Waals surface area contributed by atoms with Gasteiger partial charge in [0.25, 0.3) is 0 Å². The summed E-state index contributed by atoms with van der Waals surface area (Å²) in [6.45, 7) is 6.76. The van der Waals surface area contributed by atoms with Gasteiger partial charge in [-0.3, -0.25) is 9.59 Å². The van der Waals surface area contributed by atoms with Crippen LogP contribution in [0.25, 0.3) is 0 Å². The number of halogens is 4. The zero-order chi connectivity index (χ0) is 25.8. The summed E-state index contributed by atoms with van der Waals surface area (Å²) in [5.41, 5.74) is 0.385. The maximum Gasteiger partial charge on any atom is 0.383 e. The summed E-state index contributed by atoms with van der Waals surface area (Å²) in [6, 6.07) is 0. The summed E-state index contributed by atoms with van der Waals surface area (Å²) in [4.78, 5) is 56.4. The van der Waals surface area contributed by atoms with Crippen molar-refractivity contribution >= 4 is 69.9 Å². The zero-order valence-corrected chi connectivity index (χ0v) is 22.3. The van der Waals surface area contributed by atoms with E-state index in [4.69, 9.17) is 46.4 Å². The highest BCUT2D eigenvalue weighted by molar-refractivity contribution is 6.39. The van der Waals surface area contributed by atoms with Gasteiger partial charge in [-0.1, -0.05) is 26.0 Å². The van der Waals surface area contributed by atoms with E-state index in [2.05, 4.69) is 9.78 Å². The van der Waals surface area contributed by atoms with Crippen LogP contribution in [-0.2, 0) is 29.0 Å². The summed E-state index contributed by atoms with van der Waals surface area (Å²) in [7, 11) is 0. The second-order valence-electron chi connectivity index (χ2n) is 8.37. The van der Waals surface area contributed by atoms with Crippen molar-refractivity contribution < 1.29 is 29.0 Å². The number of carbonyl (C=O) groups excluding carboxylic acids is 4.